The SMILES string of the molecule is CC1CCC(C(Br)Cc2cccc(Cl)c2)CC1. The lowest BCUT2D eigenvalue weighted by Gasteiger charge is -2.29. The van der Waals surface area contributed by atoms with Crippen molar-refractivity contribution in [3.8, 4) is 0 Å². The maximum atomic E-state index is 6.02. The molecule has 1 atom stereocenters. The highest BCUT2D eigenvalue weighted by Gasteiger charge is 2.24. The first-order valence-corrected chi connectivity index (χ1v) is 7.83. The Morgan fingerprint density at radius 2 is 2.00 bits per heavy atom. The van der Waals surface area contributed by atoms with Crippen molar-refractivity contribution in [1.29, 1.82) is 0 Å². The van der Waals surface area contributed by atoms with Gasteiger partial charge >= 0.3 is 0 Å². The molecule has 0 radical (unpaired) electrons. The lowest BCUT2D eigenvalue weighted by molar-refractivity contribution is 0.285. The molecule has 1 fully saturated rings. The standard InChI is InChI=1S/C15H20BrCl/c1-11-5-7-13(8-6-11)15(16)10-12-3-2-4-14(17)9-12/h2-4,9,11,13,15H,5-8,10H2,1H3. The summed E-state index contributed by atoms with van der Waals surface area (Å²) < 4.78 is 0. The molecule has 0 spiro atoms. The zero-order chi connectivity index (χ0) is 12.3. The monoisotopic (exact) mass is 314 g/mol. The third-order valence-electron chi connectivity index (χ3n) is 3.89. The van der Waals surface area contributed by atoms with Crippen LogP contribution in [0.4, 0.5) is 0 Å². The number of alkyl halides is 1. The van der Waals surface area contributed by atoms with Crippen molar-refractivity contribution >= 4 is 27.5 Å². The zero-order valence-corrected chi connectivity index (χ0v) is 12.7. The second-order valence-electron chi connectivity index (χ2n) is 5.37. The van der Waals surface area contributed by atoms with E-state index in [9.17, 15) is 0 Å². The molecule has 0 nitrogen and oxygen atoms in total. The normalized spacial score (nSPS) is 26.8. The Labute approximate surface area is 118 Å². The minimum Gasteiger partial charge on any atom is -0.0884 e. The van der Waals surface area contributed by atoms with Gasteiger partial charge in [0.05, 0.1) is 0 Å². The van der Waals surface area contributed by atoms with Gasteiger partial charge in [-0.2, -0.15) is 0 Å². The van der Waals surface area contributed by atoms with Crippen molar-refractivity contribution < 1.29 is 0 Å². The van der Waals surface area contributed by atoms with Gasteiger partial charge in [-0.3, -0.25) is 0 Å². The first-order valence-electron chi connectivity index (χ1n) is 6.53. The van der Waals surface area contributed by atoms with Gasteiger partial charge < -0.3 is 0 Å². The van der Waals surface area contributed by atoms with Crippen LogP contribution in [0.1, 0.15) is 38.2 Å². The molecule has 0 N–H and O–H groups in total. The van der Waals surface area contributed by atoms with Crippen LogP contribution in [0.3, 0.4) is 0 Å². The van der Waals surface area contributed by atoms with Gasteiger partial charge in [0.1, 0.15) is 0 Å². The van der Waals surface area contributed by atoms with Crippen molar-refractivity contribution in [2.75, 3.05) is 0 Å². The minimum atomic E-state index is 0.605. The molecule has 1 aliphatic carbocycles. The van der Waals surface area contributed by atoms with Gasteiger partial charge in [-0.25, -0.2) is 0 Å². The Morgan fingerprint density at radius 1 is 1.29 bits per heavy atom. The van der Waals surface area contributed by atoms with Crippen molar-refractivity contribution in [1.82, 2.24) is 0 Å². The molecule has 0 amide bonds. The van der Waals surface area contributed by atoms with Crippen LogP contribution in [-0.2, 0) is 6.42 Å². The van der Waals surface area contributed by atoms with E-state index in [1.54, 1.807) is 0 Å². The Hall–Kier alpha value is -0.0100. The lowest BCUT2D eigenvalue weighted by Crippen LogP contribution is -2.22. The number of halogens is 2. The van der Waals surface area contributed by atoms with E-state index in [-0.39, 0.29) is 0 Å². The zero-order valence-electron chi connectivity index (χ0n) is 10.3. The molecular weight excluding hydrogens is 296 g/mol. The van der Waals surface area contributed by atoms with Gasteiger partial charge in [-0.05, 0) is 48.8 Å². The third-order valence-corrected chi connectivity index (χ3v) is 5.20. The summed E-state index contributed by atoms with van der Waals surface area (Å²) in [5.41, 5.74) is 1.35. The average molecular weight is 316 g/mol. The number of hydrogen-bond donors (Lipinski definition) is 0. The molecule has 1 aromatic carbocycles. The fraction of sp³-hybridized carbons (Fsp3) is 0.600. The molecule has 17 heavy (non-hydrogen) atoms. The van der Waals surface area contributed by atoms with Crippen LogP contribution in [0.5, 0.6) is 0 Å². The van der Waals surface area contributed by atoms with Crippen LogP contribution >= 0.6 is 27.5 Å². The van der Waals surface area contributed by atoms with E-state index >= 15 is 0 Å². The number of hydrogen-bond acceptors (Lipinski definition) is 0. The van der Waals surface area contributed by atoms with E-state index in [4.69, 9.17) is 11.6 Å². The Balaban J connectivity index is 1.90. The second-order valence-corrected chi connectivity index (χ2v) is 6.98. The quantitative estimate of drug-likeness (QED) is 0.649. The van der Waals surface area contributed by atoms with Gasteiger partial charge in [0.2, 0.25) is 0 Å². The Bertz CT molecular complexity index is 356. The molecule has 1 saturated carbocycles. The fourth-order valence-corrected chi connectivity index (χ4v) is 3.82. The van der Waals surface area contributed by atoms with Gasteiger partial charge in [-0.15, -0.1) is 0 Å². The van der Waals surface area contributed by atoms with Crippen LogP contribution in [0.25, 0.3) is 0 Å². The smallest absolute Gasteiger partial charge is 0.0408 e. The Kier molecular flexibility index (Phi) is 4.93. The van der Waals surface area contributed by atoms with Gasteiger partial charge in [0, 0.05) is 9.85 Å². The van der Waals surface area contributed by atoms with Crippen LogP contribution in [0, 0.1) is 11.8 Å². The van der Waals surface area contributed by atoms with E-state index in [1.165, 1.54) is 31.2 Å². The highest BCUT2D eigenvalue weighted by atomic mass is 79.9. The highest BCUT2D eigenvalue weighted by Crippen LogP contribution is 2.34. The summed E-state index contributed by atoms with van der Waals surface area (Å²) in [7, 11) is 0. The molecule has 0 aliphatic heterocycles. The summed E-state index contributed by atoms with van der Waals surface area (Å²) in [6.07, 6.45) is 6.62. The van der Waals surface area contributed by atoms with Crippen LogP contribution < -0.4 is 0 Å². The minimum absolute atomic E-state index is 0.605. The van der Waals surface area contributed by atoms with Gasteiger partial charge in [0.15, 0.2) is 0 Å². The molecule has 1 aliphatic rings. The van der Waals surface area contributed by atoms with Crippen LogP contribution in [0.2, 0.25) is 5.02 Å². The molecule has 0 heterocycles. The van der Waals surface area contributed by atoms with Crippen molar-refractivity contribution in [3.05, 3.63) is 34.9 Å². The molecule has 2 heteroatoms. The summed E-state index contributed by atoms with van der Waals surface area (Å²) >= 11 is 9.90. The molecule has 0 bridgehead atoms. The van der Waals surface area contributed by atoms with E-state index < -0.39 is 0 Å². The summed E-state index contributed by atoms with van der Waals surface area (Å²) in [4.78, 5) is 0.605. The molecule has 0 saturated heterocycles. The third kappa shape index (κ3) is 3.99. The molecular formula is C15H20BrCl. The first kappa shape index (κ1) is 13.4. The molecule has 94 valence electrons. The second kappa shape index (κ2) is 6.24. The van der Waals surface area contributed by atoms with E-state index in [2.05, 4.69) is 35.0 Å². The van der Waals surface area contributed by atoms with E-state index in [0.717, 1.165) is 23.3 Å². The molecule has 1 aromatic rings. The largest absolute Gasteiger partial charge is 0.0884 e. The maximum Gasteiger partial charge on any atom is 0.0408 e. The first-order chi connectivity index (χ1) is 8.15. The fourth-order valence-electron chi connectivity index (χ4n) is 2.70. The van der Waals surface area contributed by atoms with E-state index in [0.29, 0.717) is 4.83 Å². The summed E-state index contributed by atoms with van der Waals surface area (Å²) in [6.45, 7) is 2.37. The summed E-state index contributed by atoms with van der Waals surface area (Å²) in [5, 5.41) is 0.847. The summed E-state index contributed by atoms with van der Waals surface area (Å²) in [5.74, 6) is 1.77. The van der Waals surface area contributed by atoms with Gasteiger partial charge in [0.25, 0.3) is 0 Å². The Morgan fingerprint density at radius 3 is 2.65 bits per heavy atom. The van der Waals surface area contributed by atoms with Crippen molar-refractivity contribution in [3.63, 3.8) is 0 Å². The topological polar surface area (TPSA) is 0 Å². The van der Waals surface area contributed by atoms with E-state index in [1.807, 2.05) is 12.1 Å². The van der Waals surface area contributed by atoms with Crippen LogP contribution in [-0.4, -0.2) is 4.83 Å². The maximum absolute atomic E-state index is 6.02. The molecule has 2 rings (SSSR count). The van der Waals surface area contributed by atoms with Crippen LogP contribution in [0.15, 0.2) is 24.3 Å². The predicted molar refractivity (Wildman–Crippen MR) is 79.0 cm³/mol. The molecule has 1 unspecified atom stereocenters. The van der Waals surface area contributed by atoms with Crippen molar-refractivity contribution in [2.45, 2.75) is 43.9 Å². The lowest BCUT2D eigenvalue weighted by atomic mass is 9.80. The van der Waals surface area contributed by atoms with Gasteiger partial charge in [-0.1, -0.05) is 59.4 Å². The van der Waals surface area contributed by atoms with Crippen molar-refractivity contribution in [2.24, 2.45) is 11.8 Å². The highest BCUT2D eigenvalue weighted by molar-refractivity contribution is 9.09. The molecule has 0 aromatic heterocycles. The predicted octanol–water partition coefficient (Wildman–Crippen LogP) is 5.47. The average Bonchev–Trinajstić information content (AvgIpc) is 2.29. The number of benzene rings is 1. The number of rotatable bonds is 3. The summed E-state index contributed by atoms with van der Waals surface area (Å²) in [6, 6.07) is 8.24.